The fraction of sp³-hybridized carbons (Fsp3) is 0.135. The van der Waals surface area contributed by atoms with E-state index in [2.05, 4.69) is 176 Å². The fourth-order valence-electron chi connectivity index (χ4n) is 10.0. The minimum absolute atomic E-state index is 0.0164. The Labute approximate surface area is 331 Å². The molecule has 0 saturated carbocycles. The second-order valence-electron chi connectivity index (χ2n) is 16.8. The number of aromatic nitrogens is 5. The topological polar surface area (TPSA) is 48.5 Å². The van der Waals surface area contributed by atoms with Crippen LogP contribution in [-0.4, -0.2) is 24.1 Å². The van der Waals surface area contributed by atoms with Gasteiger partial charge in [-0.2, -0.15) is 9.97 Å². The zero-order chi connectivity index (χ0) is 38.5. The molecule has 3 heterocycles. The highest BCUT2D eigenvalue weighted by molar-refractivity contribution is 6.23. The minimum atomic E-state index is -0.0164. The number of hydrogen-bond donors (Lipinski definition) is 0. The van der Waals surface area contributed by atoms with Gasteiger partial charge in [0, 0.05) is 32.7 Å². The van der Waals surface area contributed by atoms with E-state index in [1.165, 1.54) is 38.7 Å². The van der Waals surface area contributed by atoms with Crippen LogP contribution in [0, 0.1) is 0 Å². The monoisotopic (exact) mass is 735 g/mol. The van der Waals surface area contributed by atoms with Crippen molar-refractivity contribution in [2.24, 2.45) is 0 Å². The van der Waals surface area contributed by atoms with E-state index in [1.807, 2.05) is 24.3 Å². The molecular formula is C52H41N5. The average Bonchev–Trinajstić information content (AvgIpc) is 3.83. The van der Waals surface area contributed by atoms with Gasteiger partial charge in [0.1, 0.15) is 0 Å². The number of rotatable bonds is 5. The average molecular weight is 736 g/mol. The molecular weight excluding hydrogens is 695 g/mol. The Hall–Kier alpha value is -6.85. The van der Waals surface area contributed by atoms with Crippen LogP contribution in [0.15, 0.2) is 164 Å². The molecule has 0 N–H and O–H groups in total. The van der Waals surface area contributed by atoms with E-state index in [0.717, 1.165) is 50.4 Å². The highest BCUT2D eigenvalue weighted by atomic mass is 15.2. The highest BCUT2D eigenvalue weighted by Gasteiger charge is 2.44. The first-order chi connectivity index (χ1) is 27.8. The molecule has 57 heavy (non-hydrogen) atoms. The lowest BCUT2D eigenvalue weighted by atomic mass is 9.81. The number of hydrogen-bond acceptors (Lipinski definition) is 3. The van der Waals surface area contributed by atoms with Crippen molar-refractivity contribution in [1.82, 2.24) is 24.1 Å². The number of nitrogens with zero attached hydrogens (tertiary/aromatic N) is 5. The van der Waals surface area contributed by atoms with Crippen LogP contribution in [0.1, 0.15) is 45.2 Å². The van der Waals surface area contributed by atoms with Gasteiger partial charge in [0.15, 0.2) is 11.6 Å². The summed E-state index contributed by atoms with van der Waals surface area (Å²) in [5.41, 5.74) is 12.8. The van der Waals surface area contributed by atoms with Crippen molar-refractivity contribution in [3.05, 3.63) is 175 Å². The molecule has 0 radical (unpaired) electrons. The molecule has 5 nitrogen and oxygen atoms in total. The van der Waals surface area contributed by atoms with Crippen molar-refractivity contribution in [2.75, 3.05) is 0 Å². The maximum Gasteiger partial charge on any atom is 0.238 e. The predicted molar refractivity (Wildman–Crippen MR) is 235 cm³/mol. The van der Waals surface area contributed by atoms with Crippen LogP contribution < -0.4 is 0 Å². The summed E-state index contributed by atoms with van der Waals surface area (Å²) in [7, 11) is 0. The van der Waals surface area contributed by atoms with Gasteiger partial charge in [-0.3, -0.25) is 4.57 Å². The Morgan fingerprint density at radius 1 is 0.404 bits per heavy atom. The molecule has 7 aromatic carbocycles. The van der Waals surface area contributed by atoms with Crippen molar-refractivity contribution < 1.29 is 0 Å². The Morgan fingerprint density at radius 3 is 1.53 bits per heavy atom. The first kappa shape index (κ1) is 33.5. The lowest BCUT2D eigenvalue weighted by molar-refractivity contribution is 0.403. The van der Waals surface area contributed by atoms with Gasteiger partial charge >= 0.3 is 0 Å². The van der Waals surface area contributed by atoms with Gasteiger partial charge < -0.3 is 4.57 Å². The summed E-state index contributed by atoms with van der Waals surface area (Å²) in [6.45, 7) is 9.61. The molecule has 0 spiro atoms. The SMILES string of the molecule is CC1(C)CC(C)(C)c2c(-n3c4ccccc4c4ccc5c6ccccc6n(-c6nc(-c7ccccc7)nc(-c7ccc(-c8ccccc8)cc7)n6)c5c43)cccc21. The third-order valence-electron chi connectivity index (χ3n) is 12.1. The molecule has 1 aliphatic rings. The molecule has 11 rings (SSSR count). The van der Waals surface area contributed by atoms with Crippen molar-refractivity contribution >= 4 is 43.6 Å². The first-order valence-electron chi connectivity index (χ1n) is 19.8. The van der Waals surface area contributed by atoms with E-state index < -0.39 is 0 Å². The molecule has 274 valence electrons. The van der Waals surface area contributed by atoms with E-state index in [4.69, 9.17) is 15.0 Å². The molecule has 0 fully saturated rings. The Balaban J connectivity index is 1.25. The van der Waals surface area contributed by atoms with Crippen LogP contribution in [-0.2, 0) is 10.8 Å². The normalized spacial score (nSPS) is 14.5. The van der Waals surface area contributed by atoms with Gasteiger partial charge in [0.05, 0.1) is 27.8 Å². The summed E-state index contributed by atoms with van der Waals surface area (Å²) in [4.78, 5) is 15.8. The van der Waals surface area contributed by atoms with Crippen LogP contribution in [0.25, 0.3) is 89.2 Å². The van der Waals surface area contributed by atoms with Crippen LogP contribution in [0.5, 0.6) is 0 Å². The second kappa shape index (κ2) is 12.3. The lowest BCUT2D eigenvalue weighted by Crippen LogP contribution is -2.18. The lowest BCUT2D eigenvalue weighted by Gasteiger charge is -2.24. The van der Waals surface area contributed by atoms with Crippen LogP contribution >= 0.6 is 0 Å². The summed E-state index contributed by atoms with van der Waals surface area (Å²) >= 11 is 0. The summed E-state index contributed by atoms with van der Waals surface area (Å²) in [6.07, 6.45) is 1.08. The zero-order valence-electron chi connectivity index (χ0n) is 32.5. The van der Waals surface area contributed by atoms with E-state index in [9.17, 15) is 0 Å². The molecule has 3 aromatic heterocycles. The van der Waals surface area contributed by atoms with E-state index >= 15 is 0 Å². The van der Waals surface area contributed by atoms with Crippen molar-refractivity contribution in [2.45, 2.75) is 44.9 Å². The largest absolute Gasteiger partial charge is 0.307 e. The van der Waals surface area contributed by atoms with Gasteiger partial charge in [-0.05, 0) is 57.7 Å². The van der Waals surface area contributed by atoms with Crippen LogP contribution in [0.3, 0.4) is 0 Å². The quantitative estimate of drug-likeness (QED) is 0.177. The summed E-state index contributed by atoms with van der Waals surface area (Å²) < 4.78 is 4.82. The zero-order valence-corrected chi connectivity index (χ0v) is 32.5. The maximum absolute atomic E-state index is 5.37. The maximum atomic E-state index is 5.37. The highest BCUT2D eigenvalue weighted by Crippen LogP contribution is 2.53. The Bertz CT molecular complexity index is 3190. The third-order valence-corrected chi connectivity index (χ3v) is 12.1. The standard InChI is InChI=1S/C52H41N5/c1-51(2)32-52(3,4)45-41(51)22-15-25-44(45)56-42-23-13-11-20-37(42)39-30-31-40-38-21-12-14-24-43(38)57(47(40)46(39)56)50-54-48(35-18-9-6-10-19-35)53-49(55-50)36-28-26-34(27-29-36)33-16-7-5-8-17-33/h5-31H,32H2,1-4H3. The molecule has 0 aliphatic heterocycles. The third kappa shape index (κ3) is 5.12. The van der Waals surface area contributed by atoms with Crippen molar-refractivity contribution in [1.29, 1.82) is 0 Å². The molecule has 10 aromatic rings. The Morgan fingerprint density at radius 2 is 0.895 bits per heavy atom. The molecule has 5 heteroatoms. The molecule has 0 atom stereocenters. The summed E-state index contributed by atoms with van der Waals surface area (Å²) in [6, 6.07) is 58.3. The van der Waals surface area contributed by atoms with Crippen LogP contribution in [0.4, 0.5) is 0 Å². The molecule has 1 aliphatic carbocycles. The van der Waals surface area contributed by atoms with E-state index in [1.54, 1.807) is 0 Å². The first-order valence-corrected chi connectivity index (χ1v) is 19.8. The molecule has 0 saturated heterocycles. The second-order valence-corrected chi connectivity index (χ2v) is 16.8. The van der Waals surface area contributed by atoms with Gasteiger partial charge in [0.2, 0.25) is 5.95 Å². The van der Waals surface area contributed by atoms with Crippen LogP contribution in [0.2, 0.25) is 0 Å². The fourth-order valence-corrected chi connectivity index (χ4v) is 10.0. The number of para-hydroxylation sites is 2. The number of benzene rings is 7. The van der Waals surface area contributed by atoms with Gasteiger partial charge in [0.25, 0.3) is 0 Å². The van der Waals surface area contributed by atoms with Gasteiger partial charge in [-0.25, -0.2) is 4.98 Å². The van der Waals surface area contributed by atoms with Crippen molar-refractivity contribution in [3.8, 4) is 45.5 Å². The van der Waals surface area contributed by atoms with Crippen molar-refractivity contribution in [3.63, 3.8) is 0 Å². The Kier molecular flexibility index (Phi) is 7.24. The summed E-state index contributed by atoms with van der Waals surface area (Å²) in [5, 5.41) is 4.73. The smallest absolute Gasteiger partial charge is 0.238 e. The van der Waals surface area contributed by atoms with Gasteiger partial charge in [-0.1, -0.05) is 173 Å². The van der Waals surface area contributed by atoms with E-state index in [0.29, 0.717) is 17.6 Å². The number of fused-ring (bicyclic) bond motifs is 8. The minimum Gasteiger partial charge on any atom is -0.307 e. The van der Waals surface area contributed by atoms with E-state index in [-0.39, 0.29) is 10.8 Å². The van der Waals surface area contributed by atoms with Gasteiger partial charge in [-0.15, -0.1) is 0 Å². The predicted octanol–water partition coefficient (Wildman–Crippen LogP) is 13.0. The molecule has 0 unspecified atom stereocenters. The molecule has 0 bridgehead atoms. The summed E-state index contributed by atoms with van der Waals surface area (Å²) in [5.74, 6) is 1.84. The molecule has 0 amide bonds.